The van der Waals surface area contributed by atoms with Gasteiger partial charge in [-0.3, -0.25) is 15.1 Å². The van der Waals surface area contributed by atoms with Crippen LogP contribution in [-0.2, 0) is 4.79 Å². The van der Waals surface area contributed by atoms with Crippen molar-refractivity contribution in [2.24, 2.45) is 11.3 Å². The summed E-state index contributed by atoms with van der Waals surface area (Å²) in [5.74, 6) is 5.17. The lowest BCUT2D eigenvalue weighted by molar-refractivity contribution is -0.126. The summed E-state index contributed by atoms with van der Waals surface area (Å²) in [7, 11) is 0. The molecule has 0 aromatic heterocycles. The average molecular weight is 227 g/mol. The van der Waals surface area contributed by atoms with Gasteiger partial charge in [-0.1, -0.05) is 20.8 Å². The predicted molar refractivity (Wildman–Crippen MR) is 65.6 cm³/mol. The number of likely N-dealkylation sites (tertiary alicyclic amines) is 1. The maximum atomic E-state index is 11.6. The van der Waals surface area contributed by atoms with Gasteiger partial charge in [-0.2, -0.15) is 0 Å². The van der Waals surface area contributed by atoms with Crippen molar-refractivity contribution < 1.29 is 4.79 Å². The molecule has 1 fully saturated rings. The Morgan fingerprint density at radius 3 is 2.69 bits per heavy atom. The molecule has 0 radical (unpaired) electrons. The van der Waals surface area contributed by atoms with Gasteiger partial charge in [-0.25, -0.2) is 5.84 Å². The second-order valence-corrected chi connectivity index (χ2v) is 5.49. The van der Waals surface area contributed by atoms with E-state index in [4.69, 9.17) is 5.84 Å². The molecule has 94 valence electrons. The van der Waals surface area contributed by atoms with Crippen LogP contribution in [0.25, 0.3) is 0 Å². The number of nitrogens with one attached hydrogen (secondary N) is 1. The fourth-order valence-electron chi connectivity index (χ4n) is 2.46. The molecular weight excluding hydrogens is 202 g/mol. The maximum absolute atomic E-state index is 11.6. The van der Waals surface area contributed by atoms with E-state index in [0.717, 1.165) is 25.9 Å². The Morgan fingerprint density at radius 2 is 2.12 bits per heavy atom. The third kappa shape index (κ3) is 3.46. The molecule has 1 rings (SSSR count). The van der Waals surface area contributed by atoms with Gasteiger partial charge < -0.3 is 0 Å². The first-order valence-electron chi connectivity index (χ1n) is 6.24. The van der Waals surface area contributed by atoms with E-state index in [1.807, 2.05) is 6.92 Å². The predicted octanol–water partition coefficient (Wildman–Crippen LogP) is 1.27. The highest BCUT2D eigenvalue weighted by Gasteiger charge is 2.29. The number of amides is 1. The molecule has 4 heteroatoms. The van der Waals surface area contributed by atoms with Gasteiger partial charge in [0.1, 0.15) is 0 Å². The molecule has 3 N–H and O–H groups in total. The molecule has 0 spiro atoms. The molecule has 1 aliphatic rings. The number of hydrogen-bond donors (Lipinski definition) is 2. The van der Waals surface area contributed by atoms with Crippen molar-refractivity contribution in [3.8, 4) is 0 Å². The van der Waals surface area contributed by atoms with Crippen LogP contribution in [0.3, 0.4) is 0 Å². The zero-order valence-electron chi connectivity index (χ0n) is 10.8. The van der Waals surface area contributed by atoms with Gasteiger partial charge in [0.2, 0.25) is 0 Å². The van der Waals surface area contributed by atoms with Gasteiger partial charge in [0, 0.05) is 0 Å². The Balaban J connectivity index is 2.62. The minimum Gasteiger partial charge on any atom is -0.293 e. The van der Waals surface area contributed by atoms with E-state index in [1.54, 1.807) is 0 Å². The Hall–Kier alpha value is -0.610. The normalized spacial score (nSPS) is 23.5. The number of rotatable bonds is 3. The van der Waals surface area contributed by atoms with Crippen LogP contribution in [0.1, 0.15) is 46.5 Å². The van der Waals surface area contributed by atoms with Crippen LogP contribution >= 0.6 is 0 Å². The van der Waals surface area contributed by atoms with Crippen molar-refractivity contribution in [3.05, 3.63) is 0 Å². The summed E-state index contributed by atoms with van der Waals surface area (Å²) in [6.45, 7) is 8.66. The fraction of sp³-hybridized carbons (Fsp3) is 0.917. The summed E-state index contributed by atoms with van der Waals surface area (Å²) < 4.78 is 0. The summed E-state index contributed by atoms with van der Waals surface area (Å²) >= 11 is 0. The molecule has 0 saturated carbocycles. The van der Waals surface area contributed by atoms with Gasteiger partial charge in [0.05, 0.1) is 6.04 Å². The fourth-order valence-corrected chi connectivity index (χ4v) is 2.46. The molecular formula is C12H25N3O. The van der Waals surface area contributed by atoms with E-state index in [-0.39, 0.29) is 11.9 Å². The zero-order valence-corrected chi connectivity index (χ0v) is 10.8. The molecule has 1 heterocycles. The number of hydrogen-bond acceptors (Lipinski definition) is 3. The van der Waals surface area contributed by atoms with Gasteiger partial charge in [-0.05, 0) is 44.2 Å². The van der Waals surface area contributed by atoms with Crippen molar-refractivity contribution in [3.63, 3.8) is 0 Å². The first-order valence-corrected chi connectivity index (χ1v) is 6.24. The first kappa shape index (κ1) is 13.5. The lowest BCUT2D eigenvalue weighted by Crippen LogP contribution is -2.49. The summed E-state index contributed by atoms with van der Waals surface area (Å²) in [5, 5.41) is 0. The molecule has 1 unspecified atom stereocenters. The highest BCUT2D eigenvalue weighted by atomic mass is 16.2. The van der Waals surface area contributed by atoms with Crippen LogP contribution in [0.15, 0.2) is 0 Å². The maximum Gasteiger partial charge on any atom is 0.251 e. The Morgan fingerprint density at radius 1 is 1.44 bits per heavy atom. The third-order valence-electron chi connectivity index (χ3n) is 3.65. The van der Waals surface area contributed by atoms with Gasteiger partial charge in [-0.15, -0.1) is 0 Å². The van der Waals surface area contributed by atoms with Crippen LogP contribution in [0.4, 0.5) is 0 Å². The van der Waals surface area contributed by atoms with Gasteiger partial charge in [0.25, 0.3) is 5.91 Å². The molecule has 4 nitrogen and oxygen atoms in total. The molecule has 1 aliphatic heterocycles. The average Bonchev–Trinajstić information content (AvgIpc) is 2.41. The first-order chi connectivity index (χ1) is 7.50. The topological polar surface area (TPSA) is 58.4 Å². The Bertz CT molecular complexity index is 240. The van der Waals surface area contributed by atoms with Gasteiger partial charge in [0.15, 0.2) is 0 Å². The second-order valence-electron chi connectivity index (χ2n) is 5.49. The number of carbonyl (C=O) groups excluding carboxylic acids is 1. The molecule has 0 aromatic carbocycles. The Kier molecular flexibility index (Phi) is 4.74. The highest BCUT2D eigenvalue weighted by molar-refractivity contribution is 5.81. The number of hydrazine groups is 1. The smallest absolute Gasteiger partial charge is 0.251 e. The number of nitrogens with zero attached hydrogens (tertiary/aromatic N) is 1. The van der Waals surface area contributed by atoms with Crippen LogP contribution in [-0.4, -0.2) is 29.9 Å². The minimum atomic E-state index is -0.0566. The van der Waals surface area contributed by atoms with E-state index in [9.17, 15) is 4.79 Å². The van der Waals surface area contributed by atoms with Crippen molar-refractivity contribution in [1.29, 1.82) is 0 Å². The molecule has 1 atom stereocenters. The second kappa shape index (κ2) is 5.64. The van der Waals surface area contributed by atoms with E-state index in [1.165, 1.54) is 12.8 Å². The lowest BCUT2D eigenvalue weighted by atomic mass is 9.85. The van der Waals surface area contributed by atoms with E-state index in [0.29, 0.717) is 5.41 Å². The standard InChI is InChI=1S/C12H25N3O/c1-4-10(11(16)14-13)15-8-5-6-12(2,3)7-9-15/h10H,4-9,13H2,1-3H3,(H,14,16). The van der Waals surface area contributed by atoms with Crippen LogP contribution in [0.5, 0.6) is 0 Å². The quantitative estimate of drug-likeness (QED) is 0.433. The molecule has 16 heavy (non-hydrogen) atoms. The number of carbonyl (C=O) groups is 1. The van der Waals surface area contributed by atoms with Crippen molar-refractivity contribution in [1.82, 2.24) is 10.3 Å². The molecule has 1 saturated heterocycles. The molecule has 0 aromatic rings. The Labute approximate surface area is 98.5 Å². The summed E-state index contributed by atoms with van der Waals surface area (Å²) in [4.78, 5) is 13.9. The van der Waals surface area contributed by atoms with Crippen LogP contribution < -0.4 is 11.3 Å². The summed E-state index contributed by atoms with van der Waals surface area (Å²) in [6, 6.07) is -0.0566. The van der Waals surface area contributed by atoms with Crippen LogP contribution in [0.2, 0.25) is 0 Å². The van der Waals surface area contributed by atoms with E-state index in [2.05, 4.69) is 24.2 Å². The highest BCUT2D eigenvalue weighted by Crippen LogP contribution is 2.30. The monoisotopic (exact) mass is 227 g/mol. The van der Waals surface area contributed by atoms with Crippen LogP contribution in [0, 0.1) is 5.41 Å². The number of nitrogens with two attached hydrogens (primary N) is 1. The third-order valence-corrected chi connectivity index (χ3v) is 3.65. The molecule has 0 aliphatic carbocycles. The minimum absolute atomic E-state index is 0.0535. The SMILES string of the molecule is CCC(C(=O)NN)N1CCCC(C)(C)CC1. The molecule has 1 amide bonds. The zero-order chi connectivity index (χ0) is 12.2. The van der Waals surface area contributed by atoms with Crippen molar-refractivity contribution in [2.75, 3.05) is 13.1 Å². The van der Waals surface area contributed by atoms with Crippen molar-refractivity contribution >= 4 is 5.91 Å². The van der Waals surface area contributed by atoms with Crippen molar-refractivity contribution in [2.45, 2.75) is 52.5 Å². The molecule has 0 bridgehead atoms. The summed E-state index contributed by atoms with van der Waals surface area (Å²) in [6.07, 6.45) is 4.39. The summed E-state index contributed by atoms with van der Waals surface area (Å²) in [5.41, 5.74) is 2.68. The van der Waals surface area contributed by atoms with E-state index < -0.39 is 0 Å². The van der Waals surface area contributed by atoms with Gasteiger partial charge >= 0.3 is 0 Å². The van der Waals surface area contributed by atoms with E-state index >= 15 is 0 Å². The lowest BCUT2D eigenvalue weighted by Gasteiger charge is -2.29. The largest absolute Gasteiger partial charge is 0.293 e.